The Balaban J connectivity index is 1.73. The SMILES string of the molecule is CS(=O)(=O)NC1CCCN(C(=O)C2CCCc3ccccc32)C1. The molecule has 1 aromatic rings. The Morgan fingerprint density at radius 2 is 2.00 bits per heavy atom. The fourth-order valence-electron chi connectivity index (χ4n) is 3.81. The van der Waals surface area contributed by atoms with Crippen LogP contribution in [0.2, 0.25) is 0 Å². The molecule has 1 N–H and O–H groups in total. The minimum Gasteiger partial charge on any atom is -0.341 e. The first-order chi connectivity index (χ1) is 10.9. The van der Waals surface area contributed by atoms with E-state index in [2.05, 4.69) is 16.9 Å². The number of carbonyl (C=O) groups is 1. The van der Waals surface area contributed by atoms with Crippen LogP contribution in [0, 0.1) is 0 Å². The lowest BCUT2D eigenvalue weighted by Gasteiger charge is -2.36. The van der Waals surface area contributed by atoms with Gasteiger partial charge in [-0.1, -0.05) is 24.3 Å². The standard InChI is InChI=1S/C17H24N2O3S/c1-23(21,22)18-14-8-5-11-19(12-14)17(20)16-10-4-7-13-6-2-3-9-15(13)16/h2-3,6,9,14,16,18H,4-5,7-8,10-12H2,1H3. The molecule has 1 aromatic carbocycles. The molecule has 0 radical (unpaired) electrons. The number of carbonyl (C=O) groups excluding carboxylic acids is 1. The molecule has 1 amide bonds. The van der Waals surface area contributed by atoms with Crippen molar-refractivity contribution in [3.05, 3.63) is 35.4 Å². The van der Waals surface area contributed by atoms with Crippen LogP contribution in [0.4, 0.5) is 0 Å². The van der Waals surface area contributed by atoms with E-state index in [1.54, 1.807) is 0 Å². The topological polar surface area (TPSA) is 66.5 Å². The van der Waals surface area contributed by atoms with Crippen LogP contribution >= 0.6 is 0 Å². The third-order valence-electron chi connectivity index (χ3n) is 4.78. The lowest BCUT2D eigenvalue weighted by Crippen LogP contribution is -2.50. The average Bonchev–Trinajstić information content (AvgIpc) is 2.52. The molecule has 126 valence electrons. The quantitative estimate of drug-likeness (QED) is 0.913. The highest BCUT2D eigenvalue weighted by molar-refractivity contribution is 7.88. The third kappa shape index (κ3) is 3.93. The molecule has 2 unspecified atom stereocenters. The monoisotopic (exact) mass is 336 g/mol. The van der Waals surface area contributed by atoms with E-state index in [1.807, 2.05) is 17.0 Å². The number of fused-ring (bicyclic) bond motifs is 1. The summed E-state index contributed by atoms with van der Waals surface area (Å²) in [6, 6.07) is 8.03. The summed E-state index contributed by atoms with van der Waals surface area (Å²) < 4.78 is 25.5. The third-order valence-corrected chi connectivity index (χ3v) is 5.54. The van der Waals surface area contributed by atoms with Crippen LogP contribution in [0.15, 0.2) is 24.3 Å². The second kappa shape index (κ2) is 6.61. The number of hydrogen-bond donors (Lipinski definition) is 1. The number of hydrogen-bond acceptors (Lipinski definition) is 3. The predicted molar refractivity (Wildman–Crippen MR) is 89.7 cm³/mol. The van der Waals surface area contributed by atoms with Gasteiger partial charge in [0, 0.05) is 19.1 Å². The van der Waals surface area contributed by atoms with Crippen LogP contribution in [0.1, 0.15) is 42.7 Å². The number of nitrogens with one attached hydrogen (secondary N) is 1. The molecule has 5 nitrogen and oxygen atoms in total. The van der Waals surface area contributed by atoms with Gasteiger partial charge < -0.3 is 4.90 Å². The zero-order valence-electron chi connectivity index (χ0n) is 13.5. The first-order valence-corrected chi connectivity index (χ1v) is 10.2. The van der Waals surface area contributed by atoms with E-state index < -0.39 is 10.0 Å². The smallest absolute Gasteiger partial charge is 0.230 e. The molecule has 2 atom stereocenters. The maximum atomic E-state index is 13.0. The molecular formula is C17H24N2O3S. The van der Waals surface area contributed by atoms with Crippen LogP contribution in [-0.2, 0) is 21.2 Å². The number of piperidine rings is 1. The molecule has 0 aromatic heterocycles. The first-order valence-electron chi connectivity index (χ1n) is 8.28. The van der Waals surface area contributed by atoms with Crippen LogP contribution in [0.3, 0.4) is 0 Å². The Kier molecular flexibility index (Phi) is 4.73. The molecule has 0 spiro atoms. The summed E-state index contributed by atoms with van der Waals surface area (Å²) >= 11 is 0. The number of sulfonamides is 1. The molecule has 0 bridgehead atoms. The van der Waals surface area contributed by atoms with Crippen LogP contribution < -0.4 is 4.72 Å². The highest BCUT2D eigenvalue weighted by atomic mass is 32.2. The van der Waals surface area contributed by atoms with Crippen molar-refractivity contribution in [3.63, 3.8) is 0 Å². The van der Waals surface area contributed by atoms with Gasteiger partial charge in [0.2, 0.25) is 15.9 Å². The molecule has 1 heterocycles. The maximum absolute atomic E-state index is 13.0. The summed E-state index contributed by atoms with van der Waals surface area (Å²) in [6.07, 6.45) is 5.76. The minimum absolute atomic E-state index is 0.0723. The van der Waals surface area contributed by atoms with Crippen LogP contribution in [-0.4, -0.2) is 44.6 Å². The van der Waals surface area contributed by atoms with Gasteiger partial charge in [0.25, 0.3) is 0 Å². The summed E-state index contributed by atoms with van der Waals surface area (Å²) in [6.45, 7) is 1.20. The fraction of sp³-hybridized carbons (Fsp3) is 0.588. The van der Waals surface area contributed by atoms with E-state index in [1.165, 1.54) is 11.8 Å². The highest BCUT2D eigenvalue weighted by Gasteiger charge is 2.32. The van der Waals surface area contributed by atoms with Gasteiger partial charge in [-0.05, 0) is 43.2 Å². The molecule has 0 saturated carbocycles. The van der Waals surface area contributed by atoms with Crippen molar-refractivity contribution < 1.29 is 13.2 Å². The summed E-state index contributed by atoms with van der Waals surface area (Å²) in [5.74, 6) is 0.0779. The summed E-state index contributed by atoms with van der Waals surface area (Å²) in [5.41, 5.74) is 2.43. The van der Waals surface area contributed by atoms with Gasteiger partial charge in [-0.3, -0.25) is 4.79 Å². The zero-order valence-corrected chi connectivity index (χ0v) is 14.3. The van der Waals surface area contributed by atoms with Crippen molar-refractivity contribution in [2.75, 3.05) is 19.3 Å². The number of aryl methyl sites for hydroxylation is 1. The Bertz CT molecular complexity index is 687. The Morgan fingerprint density at radius 3 is 2.78 bits per heavy atom. The molecular weight excluding hydrogens is 312 g/mol. The number of likely N-dealkylation sites (tertiary alicyclic amines) is 1. The molecule has 1 aliphatic carbocycles. The van der Waals surface area contributed by atoms with E-state index in [9.17, 15) is 13.2 Å². The molecule has 1 fully saturated rings. The van der Waals surface area contributed by atoms with E-state index in [0.29, 0.717) is 6.54 Å². The fourth-order valence-corrected chi connectivity index (χ4v) is 4.60. The van der Waals surface area contributed by atoms with Crippen molar-refractivity contribution in [3.8, 4) is 0 Å². The van der Waals surface area contributed by atoms with Crippen molar-refractivity contribution in [1.29, 1.82) is 0 Å². The highest BCUT2D eigenvalue weighted by Crippen LogP contribution is 2.33. The Hall–Kier alpha value is -1.40. The summed E-state index contributed by atoms with van der Waals surface area (Å²) in [5, 5.41) is 0. The molecule has 1 aliphatic heterocycles. The van der Waals surface area contributed by atoms with Crippen LogP contribution in [0.25, 0.3) is 0 Å². The molecule has 3 rings (SSSR count). The van der Waals surface area contributed by atoms with Crippen LogP contribution in [0.5, 0.6) is 0 Å². The van der Waals surface area contributed by atoms with Gasteiger partial charge >= 0.3 is 0 Å². The second-order valence-electron chi connectivity index (χ2n) is 6.66. The van der Waals surface area contributed by atoms with Gasteiger partial charge in [-0.2, -0.15) is 0 Å². The zero-order chi connectivity index (χ0) is 16.4. The van der Waals surface area contributed by atoms with Gasteiger partial charge in [-0.25, -0.2) is 13.1 Å². The van der Waals surface area contributed by atoms with Crippen molar-refractivity contribution in [2.45, 2.75) is 44.1 Å². The largest absolute Gasteiger partial charge is 0.341 e. The van der Waals surface area contributed by atoms with Gasteiger partial charge in [-0.15, -0.1) is 0 Å². The molecule has 23 heavy (non-hydrogen) atoms. The maximum Gasteiger partial charge on any atom is 0.230 e. The molecule has 6 heteroatoms. The first kappa shape index (κ1) is 16.5. The number of benzene rings is 1. The average molecular weight is 336 g/mol. The Labute approximate surface area is 138 Å². The Morgan fingerprint density at radius 1 is 1.22 bits per heavy atom. The molecule has 2 aliphatic rings. The van der Waals surface area contributed by atoms with E-state index in [4.69, 9.17) is 0 Å². The van der Waals surface area contributed by atoms with Gasteiger partial charge in [0.1, 0.15) is 0 Å². The lowest BCUT2D eigenvalue weighted by molar-refractivity contribution is -0.134. The van der Waals surface area contributed by atoms with E-state index >= 15 is 0 Å². The van der Waals surface area contributed by atoms with E-state index in [-0.39, 0.29) is 17.9 Å². The number of amides is 1. The molecule has 1 saturated heterocycles. The van der Waals surface area contributed by atoms with Crippen molar-refractivity contribution in [2.24, 2.45) is 0 Å². The normalized spacial score (nSPS) is 25.0. The van der Waals surface area contributed by atoms with Crippen molar-refractivity contribution >= 4 is 15.9 Å². The van der Waals surface area contributed by atoms with Gasteiger partial charge in [0.05, 0.1) is 12.2 Å². The minimum atomic E-state index is -3.23. The number of nitrogens with zero attached hydrogens (tertiary/aromatic N) is 1. The lowest BCUT2D eigenvalue weighted by atomic mass is 9.82. The predicted octanol–water partition coefficient (Wildman–Crippen LogP) is 1.65. The second-order valence-corrected chi connectivity index (χ2v) is 8.44. The summed E-state index contributed by atoms with van der Waals surface area (Å²) in [7, 11) is -3.23. The summed E-state index contributed by atoms with van der Waals surface area (Å²) in [4.78, 5) is 14.8. The van der Waals surface area contributed by atoms with Gasteiger partial charge in [0.15, 0.2) is 0 Å². The number of rotatable bonds is 3. The van der Waals surface area contributed by atoms with E-state index in [0.717, 1.165) is 44.2 Å². The van der Waals surface area contributed by atoms with Crippen molar-refractivity contribution in [1.82, 2.24) is 9.62 Å².